The van der Waals surface area contributed by atoms with E-state index in [1.54, 1.807) is 13.8 Å². The van der Waals surface area contributed by atoms with E-state index in [9.17, 15) is 0 Å². The molecule has 0 saturated heterocycles. The summed E-state index contributed by atoms with van der Waals surface area (Å²) in [4.78, 5) is 0. The predicted molar refractivity (Wildman–Crippen MR) is 67.1 cm³/mol. The zero-order chi connectivity index (χ0) is 10.9. The molecule has 0 aromatic rings. The fraction of sp³-hybridized carbons (Fsp3) is 1.00. The van der Waals surface area contributed by atoms with Crippen molar-refractivity contribution in [3.05, 3.63) is 0 Å². The van der Waals surface area contributed by atoms with Crippen molar-refractivity contribution in [2.24, 2.45) is 0 Å². The summed E-state index contributed by atoms with van der Waals surface area (Å²) in [5, 5.41) is -0.985. The van der Waals surface area contributed by atoms with Gasteiger partial charge < -0.3 is 0 Å². The summed E-state index contributed by atoms with van der Waals surface area (Å²) in [7, 11) is 0. The molecule has 0 bridgehead atoms. The molecular formula is C6H8Cl6S. The molecule has 7 heteroatoms. The summed E-state index contributed by atoms with van der Waals surface area (Å²) >= 11 is 35.9. The maximum atomic E-state index is 5.87. The van der Waals surface area contributed by atoms with Crippen molar-refractivity contribution >= 4 is 81.4 Å². The summed E-state index contributed by atoms with van der Waals surface area (Å²) in [5.41, 5.74) is 0. The summed E-state index contributed by atoms with van der Waals surface area (Å²) < 4.78 is -2.51. The molecule has 0 saturated carbocycles. The van der Waals surface area contributed by atoms with Crippen LogP contribution in [0.25, 0.3) is 0 Å². The van der Waals surface area contributed by atoms with Crippen LogP contribution in [-0.2, 0) is 0 Å². The summed E-state index contributed by atoms with van der Waals surface area (Å²) in [6.07, 6.45) is 0. The fourth-order valence-corrected chi connectivity index (χ4v) is 3.23. The number of hydrogen-bond donors (Lipinski definition) is 0. The quantitative estimate of drug-likeness (QED) is 0.637. The van der Waals surface area contributed by atoms with Crippen molar-refractivity contribution in [2.75, 3.05) is 0 Å². The van der Waals surface area contributed by atoms with E-state index in [4.69, 9.17) is 69.6 Å². The number of hydrogen-bond acceptors (Lipinski definition) is 1. The lowest BCUT2D eigenvalue weighted by Crippen LogP contribution is -2.30. The Morgan fingerprint density at radius 2 is 1.08 bits per heavy atom. The second-order valence-corrected chi connectivity index (χ2v) is 8.93. The smallest absolute Gasteiger partial charge is 0.119 e. The van der Waals surface area contributed by atoms with E-state index < -0.39 is 18.1 Å². The molecule has 0 nitrogen and oxygen atoms in total. The maximum Gasteiger partial charge on any atom is 0.182 e. The monoisotopic (exact) mass is 322 g/mol. The highest BCUT2D eigenvalue weighted by atomic mass is 35.5. The van der Waals surface area contributed by atoms with Gasteiger partial charge >= 0.3 is 0 Å². The van der Waals surface area contributed by atoms with E-state index in [2.05, 4.69) is 0 Å². The molecule has 0 amide bonds. The minimum Gasteiger partial charge on any atom is -0.119 e. The van der Waals surface area contributed by atoms with Gasteiger partial charge in [0, 0.05) is 0 Å². The zero-order valence-electron chi connectivity index (χ0n) is 6.83. The Morgan fingerprint density at radius 3 is 1.23 bits per heavy atom. The second kappa shape index (κ2) is 5.43. The van der Waals surface area contributed by atoms with Gasteiger partial charge in [0.1, 0.15) is 0 Å². The lowest BCUT2D eigenvalue weighted by molar-refractivity contribution is 0.951. The van der Waals surface area contributed by atoms with Crippen LogP contribution in [0.5, 0.6) is 0 Å². The average molecular weight is 325 g/mol. The first-order valence-corrected chi connectivity index (χ1v) is 6.53. The largest absolute Gasteiger partial charge is 0.182 e. The molecule has 0 spiro atoms. The van der Waals surface area contributed by atoms with Gasteiger partial charge in [0.25, 0.3) is 0 Å². The third-order valence-electron chi connectivity index (χ3n) is 1.20. The third kappa shape index (κ3) is 5.10. The van der Waals surface area contributed by atoms with E-state index in [0.29, 0.717) is 0 Å². The Kier molecular flexibility index (Phi) is 6.30. The molecule has 0 heterocycles. The predicted octanol–water partition coefficient (Wildman–Crippen LogP) is 5.24. The molecule has 2 atom stereocenters. The molecule has 0 aromatic carbocycles. The summed E-state index contributed by atoms with van der Waals surface area (Å²) in [6.45, 7) is 3.30. The molecule has 0 aromatic heterocycles. The number of alkyl halides is 6. The topological polar surface area (TPSA) is 0 Å². The molecule has 0 aliphatic rings. The first-order chi connectivity index (χ1) is 5.59. The average Bonchev–Trinajstić information content (AvgIpc) is 1.83. The van der Waals surface area contributed by atoms with Crippen molar-refractivity contribution in [3.63, 3.8) is 0 Å². The van der Waals surface area contributed by atoms with Gasteiger partial charge in [-0.05, 0) is 13.8 Å². The highest BCUT2D eigenvalue weighted by Crippen LogP contribution is 2.53. The normalized spacial score (nSPS) is 18.5. The highest BCUT2D eigenvalue weighted by molar-refractivity contribution is 8.07. The highest BCUT2D eigenvalue weighted by Gasteiger charge is 2.43. The van der Waals surface area contributed by atoms with Gasteiger partial charge in [0.2, 0.25) is 0 Å². The summed E-state index contributed by atoms with van der Waals surface area (Å²) in [5.74, 6) is 0. The number of thioether (sulfide) groups is 1. The van der Waals surface area contributed by atoms with Crippen molar-refractivity contribution in [2.45, 2.75) is 31.9 Å². The Morgan fingerprint density at radius 1 is 0.846 bits per heavy atom. The van der Waals surface area contributed by atoms with Crippen LogP contribution >= 0.6 is 81.4 Å². The fourth-order valence-electron chi connectivity index (χ4n) is 0.344. The van der Waals surface area contributed by atoms with Gasteiger partial charge in [-0.2, -0.15) is 0 Å². The van der Waals surface area contributed by atoms with Gasteiger partial charge in [-0.15, -0.1) is 23.2 Å². The first kappa shape index (κ1) is 15.1. The van der Waals surface area contributed by atoms with E-state index in [1.165, 1.54) is 0 Å². The Balaban J connectivity index is 4.42. The summed E-state index contributed by atoms with van der Waals surface area (Å²) in [6, 6.07) is 0. The van der Waals surface area contributed by atoms with Crippen molar-refractivity contribution < 1.29 is 0 Å². The molecular weight excluding hydrogens is 317 g/mol. The zero-order valence-corrected chi connectivity index (χ0v) is 12.2. The van der Waals surface area contributed by atoms with E-state index in [-0.39, 0.29) is 0 Å². The van der Waals surface area contributed by atoms with Crippen LogP contribution in [0.2, 0.25) is 0 Å². The first-order valence-electron chi connectivity index (χ1n) is 3.33. The molecule has 2 unspecified atom stereocenters. The van der Waals surface area contributed by atoms with E-state index in [1.807, 2.05) is 0 Å². The van der Waals surface area contributed by atoms with E-state index >= 15 is 0 Å². The van der Waals surface area contributed by atoms with Crippen molar-refractivity contribution in [3.8, 4) is 0 Å². The standard InChI is InChI=1S/C6H8Cl6S/c1-3(7)5(9,10)13-6(11,12)4(2)8/h3-4H,1-2H3. The second-order valence-electron chi connectivity index (χ2n) is 2.46. The van der Waals surface area contributed by atoms with E-state index in [0.717, 1.165) is 11.8 Å². The molecule has 13 heavy (non-hydrogen) atoms. The van der Waals surface area contributed by atoms with Crippen LogP contribution in [-0.4, -0.2) is 18.1 Å². The Bertz CT molecular complexity index is 149. The minimum atomic E-state index is -1.26. The van der Waals surface area contributed by atoms with Crippen molar-refractivity contribution in [1.82, 2.24) is 0 Å². The van der Waals surface area contributed by atoms with Gasteiger partial charge in [-0.1, -0.05) is 58.2 Å². The maximum absolute atomic E-state index is 5.87. The van der Waals surface area contributed by atoms with Gasteiger partial charge in [-0.3, -0.25) is 0 Å². The Hall–Kier alpha value is 2.09. The molecule has 0 radical (unpaired) electrons. The van der Waals surface area contributed by atoms with Crippen LogP contribution in [0.15, 0.2) is 0 Å². The lowest BCUT2D eigenvalue weighted by Gasteiger charge is -2.30. The Labute approximate surface area is 113 Å². The minimum absolute atomic E-state index is 0.492. The third-order valence-corrected chi connectivity index (χ3v) is 6.05. The molecule has 0 fully saturated rings. The molecule has 80 valence electrons. The van der Waals surface area contributed by atoms with Gasteiger partial charge in [0.15, 0.2) is 7.33 Å². The number of halogens is 6. The molecule has 0 aliphatic heterocycles. The van der Waals surface area contributed by atoms with Crippen molar-refractivity contribution in [1.29, 1.82) is 0 Å². The SMILES string of the molecule is CC(Cl)C(Cl)(Cl)SC(Cl)(Cl)C(C)Cl. The molecule has 0 aliphatic carbocycles. The molecule has 0 N–H and O–H groups in total. The van der Waals surface area contributed by atoms with Crippen LogP contribution in [0.4, 0.5) is 0 Å². The number of rotatable bonds is 4. The van der Waals surface area contributed by atoms with Crippen LogP contribution in [0.3, 0.4) is 0 Å². The molecule has 0 rings (SSSR count). The van der Waals surface area contributed by atoms with Crippen LogP contribution in [0.1, 0.15) is 13.8 Å². The van der Waals surface area contributed by atoms with Crippen LogP contribution in [0, 0.1) is 0 Å². The van der Waals surface area contributed by atoms with Gasteiger partial charge in [-0.25, -0.2) is 0 Å². The van der Waals surface area contributed by atoms with Gasteiger partial charge in [0.05, 0.1) is 10.8 Å². The lowest BCUT2D eigenvalue weighted by atomic mass is 10.5. The van der Waals surface area contributed by atoms with Crippen LogP contribution < -0.4 is 0 Å².